The number of halogens is 1. The molecule has 1 atom stereocenters. The van der Waals surface area contributed by atoms with Crippen LogP contribution in [-0.2, 0) is 10.0 Å². The van der Waals surface area contributed by atoms with Gasteiger partial charge in [-0.1, -0.05) is 20.8 Å². The normalized spacial score (nSPS) is 14.2. The quantitative estimate of drug-likeness (QED) is 0.697. The molecule has 7 heteroatoms. The lowest BCUT2D eigenvalue weighted by Crippen LogP contribution is -2.44. The lowest BCUT2D eigenvalue weighted by atomic mass is 9.86. The van der Waals surface area contributed by atoms with E-state index in [0.29, 0.717) is 16.6 Å². The van der Waals surface area contributed by atoms with E-state index in [-0.39, 0.29) is 23.0 Å². The maximum Gasteiger partial charge on any atom is 0.241 e. The molecule has 0 aliphatic carbocycles. The molecule has 0 saturated heterocycles. The Hall–Kier alpha value is -0.630. The van der Waals surface area contributed by atoms with Crippen molar-refractivity contribution < 1.29 is 13.5 Å². The van der Waals surface area contributed by atoms with E-state index >= 15 is 0 Å². The summed E-state index contributed by atoms with van der Waals surface area (Å²) < 4.78 is 27.9. The Kier molecular flexibility index (Phi) is 5.60. The Morgan fingerprint density at radius 1 is 1.40 bits per heavy atom. The molecule has 0 radical (unpaired) electrons. The fourth-order valence-electron chi connectivity index (χ4n) is 1.78. The lowest BCUT2D eigenvalue weighted by Gasteiger charge is -2.31. The Morgan fingerprint density at radius 2 is 2.00 bits per heavy atom. The predicted molar refractivity (Wildman–Crippen MR) is 83.8 cm³/mol. The van der Waals surface area contributed by atoms with Gasteiger partial charge in [0.25, 0.3) is 0 Å². The van der Waals surface area contributed by atoms with Gasteiger partial charge in [-0.25, -0.2) is 13.1 Å². The average molecular weight is 365 g/mol. The fourth-order valence-corrected chi connectivity index (χ4v) is 4.36. The van der Waals surface area contributed by atoms with Gasteiger partial charge in [-0.05, 0) is 46.0 Å². The molecule has 0 heterocycles. The Bertz CT molecular complexity index is 567. The van der Waals surface area contributed by atoms with Crippen LogP contribution in [0, 0.1) is 5.41 Å². The number of hydrogen-bond acceptors (Lipinski definition) is 4. The molecule has 114 valence electrons. The van der Waals surface area contributed by atoms with Gasteiger partial charge < -0.3 is 10.8 Å². The van der Waals surface area contributed by atoms with E-state index in [1.54, 1.807) is 6.07 Å². The third-order valence-corrected chi connectivity index (χ3v) is 5.45. The van der Waals surface area contributed by atoms with Crippen molar-refractivity contribution in [1.29, 1.82) is 0 Å². The maximum atomic E-state index is 12.4. The van der Waals surface area contributed by atoms with Gasteiger partial charge in [0.15, 0.2) is 0 Å². The Labute approximate surface area is 128 Å². The first-order valence-corrected chi connectivity index (χ1v) is 8.54. The topological polar surface area (TPSA) is 92.4 Å². The van der Waals surface area contributed by atoms with Crippen LogP contribution in [0.5, 0.6) is 0 Å². The summed E-state index contributed by atoms with van der Waals surface area (Å²) in [4.78, 5) is 0.138. The third-order valence-electron chi connectivity index (χ3n) is 3.01. The SMILES string of the molecule is CC(C)(C)C(CCO)NS(=O)(=O)c1ccc(N)cc1Br. The summed E-state index contributed by atoms with van der Waals surface area (Å²) in [5.41, 5.74) is 5.80. The molecule has 1 aromatic carbocycles. The van der Waals surface area contributed by atoms with Crippen molar-refractivity contribution in [1.82, 2.24) is 4.72 Å². The second kappa shape index (κ2) is 6.43. The third kappa shape index (κ3) is 4.44. The van der Waals surface area contributed by atoms with Crippen LogP contribution >= 0.6 is 15.9 Å². The molecule has 0 saturated carbocycles. The summed E-state index contributed by atoms with van der Waals surface area (Å²) in [5.74, 6) is 0. The van der Waals surface area contributed by atoms with E-state index in [2.05, 4.69) is 20.7 Å². The van der Waals surface area contributed by atoms with Crippen LogP contribution in [-0.4, -0.2) is 26.2 Å². The molecule has 0 spiro atoms. The number of rotatable bonds is 5. The number of anilines is 1. The lowest BCUT2D eigenvalue weighted by molar-refractivity contribution is 0.214. The summed E-state index contributed by atoms with van der Waals surface area (Å²) in [6, 6.07) is 4.19. The fraction of sp³-hybridized carbons (Fsp3) is 0.538. The molecule has 1 aromatic rings. The van der Waals surface area contributed by atoms with E-state index in [1.807, 2.05) is 20.8 Å². The van der Waals surface area contributed by atoms with Crippen molar-refractivity contribution in [2.75, 3.05) is 12.3 Å². The van der Waals surface area contributed by atoms with Gasteiger partial charge in [0.2, 0.25) is 10.0 Å². The van der Waals surface area contributed by atoms with Crippen molar-refractivity contribution in [2.24, 2.45) is 5.41 Å². The van der Waals surface area contributed by atoms with Gasteiger partial charge in [-0.15, -0.1) is 0 Å². The second-order valence-corrected chi connectivity index (χ2v) is 8.28. The number of sulfonamides is 1. The molecule has 0 bridgehead atoms. The van der Waals surface area contributed by atoms with E-state index in [9.17, 15) is 8.42 Å². The number of aliphatic hydroxyl groups excluding tert-OH is 1. The van der Waals surface area contributed by atoms with E-state index < -0.39 is 10.0 Å². The van der Waals surface area contributed by atoms with Crippen molar-refractivity contribution >= 4 is 31.6 Å². The minimum absolute atomic E-state index is 0.0760. The van der Waals surface area contributed by atoms with Crippen LogP contribution in [0.3, 0.4) is 0 Å². The minimum Gasteiger partial charge on any atom is -0.399 e. The molecule has 1 rings (SSSR count). The van der Waals surface area contributed by atoms with Gasteiger partial charge >= 0.3 is 0 Å². The van der Waals surface area contributed by atoms with E-state index in [4.69, 9.17) is 10.8 Å². The summed E-state index contributed by atoms with van der Waals surface area (Å²) in [7, 11) is -3.68. The summed E-state index contributed by atoms with van der Waals surface area (Å²) in [5, 5.41) is 9.10. The second-order valence-electron chi connectivity index (χ2n) is 5.74. The van der Waals surface area contributed by atoms with Crippen LogP contribution in [0.4, 0.5) is 5.69 Å². The number of hydrogen-bond donors (Lipinski definition) is 3. The predicted octanol–water partition coefficient (Wildman–Crippen LogP) is 2.11. The van der Waals surface area contributed by atoms with Crippen molar-refractivity contribution in [2.45, 2.75) is 38.1 Å². The highest BCUT2D eigenvalue weighted by atomic mass is 79.9. The van der Waals surface area contributed by atoms with Crippen LogP contribution in [0.2, 0.25) is 0 Å². The highest BCUT2D eigenvalue weighted by molar-refractivity contribution is 9.10. The highest BCUT2D eigenvalue weighted by Gasteiger charge is 2.30. The van der Waals surface area contributed by atoms with Crippen LogP contribution in [0.25, 0.3) is 0 Å². The van der Waals surface area contributed by atoms with Gasteiger partial charge in [-0.2, -0.15) is 0 Å². The molecule has 0 aliphatic rings. The number of aliphatic hydroxyl groups is 1. The molecule has 5 nitrogen and oxygen atoms in total. The van der Waals surface area contributed by atoms with Gasteiger partial charge in [0.1, 0.15) is 0 Å². The van der Waals surface area contributed by atoms with E-state index in [0.717, 1.165) is 0 Å². The molecular weight excluding hydrogens is 344 g/mol. The molecule has 4 N–H and O–H groups in total. The standard InChI is InChI=1S/C13H21BrN2O3S/c1-13(2,3)12(6-7-17)16-20(18,19)11-5-4-9(15)8-10(11)14/h4-5,8,12,16-17H,6-7,15H2,1-3H3. The van der Waals surface area contributed by atoms with Crippen molar-refractivity contribution in [3.05, 3.63) is 22.7 Å². The average Bonchev–Trinajstić information content (AvgIpc) is 2.26. The minimum atomic E-state index is -3.68. The summed E-state index contributed by atoms with van der Waals surface area (Å²) >= 11 is 3.21. The molecular formula is C13H21BrN2O3S. The molecule has 1 unspecified atom stereocenters. The van der Waals surface area contributed by atoms with Gasteiger partial charge in [-0.3, -0.25) is 0 Å². The Morgan fingerprint density at radius 3 is 2.45 bits per heavy atom. The largest absolute Gasteiger partial charge is 0.399 e. The maximum absolute atomic E-state index is 12.4. The van der Waals surface area contributed by atoms with Gasteiger partial charge in [0.05, 0.1) is 4.90 Å². The summed E-state index contributed by atoms with van der Waals surface area (Å²) in [6.45, 7) is 5.70. The van der Waals surface area contributed by atoms with Gasteiger partial charge in [0, 0.05) is 22.8 Å². The zero-order valence-corrected chi connectivity index (χ0v) is 14.3. The first-order chi connectivity index (χ1) is 9.08. The first-order valence-electron chi connectivity index (χ1n) is 6.26. The smallest absolute Gasteiger partial charge is 0.241 e. The first kappa shape index (κ1) is 17.4. The molecule has 0 fully saturated rings. The number of nitrogen functional groups attached to an aromatic ring is 1. The highest BCUT2D eigenvalue weighted by Crippen LogP contribution is 2.27. The Balaban J connectivity index is 3.10. The number of benzene rings is 1. The molecule has 0 aliphatic heterocycles. The van der Waals surface area contributed by atoms with Crippen LogP contribution < -0.4 is 10.5 Å². The number of nitrogens with one attached hydrogen (secondary N) is 1. The zero-order chi connectivity index (χ0) is 15.6. The zero-order valence-electron chi connectivity index (χ0n) is 11.9. The number of nitrogens with two attached hydrogens (primary N) is 1. The van der Waals surface area contributed by atoms with Crippen molar-refractivity contribution in [3.63, 3.8) is 0 Å². The van der Waals surface area contributed by atoms with E-state index in [1.165, 1.54) is 12.1 Å². The van der Waals surface area contributed by atoms with Crippen LogP contribution in [0.15, 0.2) is 27.6 Å². The monoisotopic (exact) mass is 364 g/mol. The summed E-state index contributed by atoms with van der Waals surface area (Å²) in [6.07, 6.45) is 0.356. The van der Waals surface area contributed by atoms with Crippen molar-refractivity contribution in [3.8, 4) is 0 Å². The molecule has 0 amide bonds. The molecule has 0 aromatic heterocycles. The van der Waals surface area contributed by atoms with Crippen LogP contribution in [0.1, 0.15) is 27.2 Å². The molecule has 20 heavy (non-hydrogen) atoms.